The van der Waals surface area contributed by atoms with Crippen LogP contribution in [0.1, 0.15) is 52.8 Å². The highest BCUT2D eigenvalue weighted by Crippen LogP contribution is 2.23. The molecule has 1 saturated heterocycles. The number of rotatable bonds is 10. The van der Waals surface area contributed by atoms with Gasteiger partial charge in [-0.1, -0.05) is 27.7 Å². The van der Waals surface area contributed by atoms with Crippen molar-refractivity contribution in [2.45, 2.75) is 64.3 Å². The van der Waals surface area contributed by atoms with Gasteiger partial charge in [0.25, 0.3) is 0 Å². The molecule has 1 amide bonds. The van der Waals surface area contributed by atoms with Gasteiger partial charge in [0.1, 0.15) is 5.82 Å². The Bertz CT molecular complexity index is 1050. The molecule has 1 fully saturated rings. The summed E-state index contributed by atoms with van der Waals surface area (Å²) in [6, 6.07) is 5.32. The largest absolute Gasteiger partial charge is 0.353 e. The SMILES string of the molecule is CCN(CC)S(=O)(=O)c1ccc2c(c1)nc(CCC(=O)NC1CCN(CC(C)C)CC1)n2C. The summed E-state index contributed by atoms with van der Waals surface area (Å²) < 4.78 is 29.1. The smallest absolute Gasteiger partial charge is 0.243 e. The molecular formula is C24H39N5O3S. The second-order valence-corrected chi connectivity index (χ2v) is 11.3. The first-order chi connectivity index (χ1) is 15.6. The molecule has 33 heavy (non-hydrogen) atoms. The van der Waals surface area contributed by atoms with Crippen molar-refractivity contribution in [1.82, 2.24) is 24.1 Å². The summed E-state index contributed by atoms with van der Waals surface area (Å²) in [5, 5.41) is 3.18. The lowest BCUT2D eigenvalue weighted by Crippen LogP contribution is -2.45. The molecule has 0 aliphatic carbocycles. The predicted molar refractivity (Wildman–Crippen MR) is 132 cm³/mol. The average molecular weight is 478 g/mol. The summed E-state index contributed by atoms with van der Waals surface area (Å²) in [5.41, 5.74) is 1.50. The quantitative estimate of drug-likeness (QED) is 0.569. The second kappa shape index (κ2) is 11.0. The molecule has 1 N–H and O–H groups in total. The van der Waals surface area contributed by atoms with Gasteiger partial charge in [0, 0.05) is 58.7 Å². The van der Waals surface area contributed by atoms with E-state index in [9.17, 15) is 13.2 Å². The van der Waals surface area contributed by atoms with Gasteiger partial charge < -0.3 is 14.8 Å². The lowest BCUT2D eigenvalue weighted by Gasteiger charge is -2.33. The monoisotopic (exact) mass is 477 g/mol. The molecule has 8 nitrogen and oxygen atoms in total. The standard InChI is InChI=1S/C24H39N5O3S/c1-6-29(7-2)33(31,32)20-8-9-22-21(16-20)26-23(27(22)5)10-11-24(30)25-19-12-14-28(15-13-19)17-18(3)4/h8-9,16,18-19H,6-7,10-15,17H2,1-5H3,(H,25,30). The number of sulfonamides is 1. The minimum atomic E-state index is -3.53. The van der Waals surface area contributed by atoms with Crippen LogP contribution < -0.4 is 5.32 Å². The Morgan fingerprint density at radius 1 is 1.21 bits per heavy atom. The van der Waals surface area contributed by atoms with Crippen LogP contribution in [0.5, 0.6) is 0 Å². The van der Waals surface area contributed by atoms with Crippen LogP contribution >= 0.6 is 0 Å². The van der Waals surface area contributed by atoms with Crippen LogP contribution in [0.2, 0.25) is 0 Å². The molecule has 0 radical (unpaired) electrons. The van der Waals surface area contributed by atoms with Crippen molar-refractivity contribution in [3.05, 3.63) is 24.0 Å². The van der Waals surface area contributed by atoms with Crippen molar-refractivity contribution in [3.8, 4) is 0 Å². The maximum absolute atomic E-state index is 12.8. The number of hydrogen-bond acceptors (Lipinski definition) is 5. The zero-order chi connectivity index (χ0) is 24.2. The van der Waals surface area contributed by atoms with Gasteiger partial charge >= 0.3 is 0 Å². The topological polar surface area (TPSA) is 87.5 Å². The number of carbonyl (C=O) groups is 1. The summed E-state index contributed by atoms with van der Waals surface area (Å²) in [6.07, 6.45) is 2.87. The maximum atomic E-state index is 12.8. The highest BCUT2D eigenvalue weighted by molar-refractivity contribution is 7.89. The molecule has 3 rings (SSSR count). The molecule has 184 valence electrons. The fraction of sp³-hybridized carbons (Fsp3) is 0.667. The summed E-state index contributed by atoms with van der Waals surface area (Å²) in [5.74, 6) is 1.50. The third-order valence-corrected chi connectivity index (χ3v) is 8.49. The van der Waals surface area contributed by atoms with Crippen LogP contribution in [-0.2, 0) is 28.3 Å². The number of aryl methyl sites for hydroxylation is 2. The summed E-state index contributed by atoms with van der Waals surface area (Å²) >= 11 is 0. The van der Waals surface area contributed by atoms with Gasteiger partial charge in [-0.05, 0) is 37.0 Å². The van der Waals surface area contributed by atoms with E-state index in [0.29, 0.717) is 37.4 Å². The van der Waals surface area contributed by atoms with Crippen molar-refractivity contribution >= 4 is 27.0 Å². The zero-order valence-electron chi connectivity index (χ0n) is 20.7. The van der Waals surface area contributed by atoms with Gasteiger partial charge in [0.2, 0.25) is 15.9 Å². The van der Waals surface area contributed by atoms with Gasteiger partial charge in [-0.25, -0.2) is 13.4 Å². The van der Waals surface area contributed by atoms with Crippen molar-refractivity contribution in [3.63, 3.8) is 0 Å². The molecule has 0 atom stereocenters. The Kier molecular flexibility index (Phi) is 8.53. The first-order valence-corrected chi connectivity index (χ1v) is 13.6. The van der Waals surface area contributed by atoms with Crippen molar-refractivity contribution < 1.29 is 13.2 Å². The van der Waals surface area contributed by atoms with E-state index in [4.69, 9.17) is 0 Å². The van der Waals surface area contributed by atoms with Gasteiger partial charge in [-0.3, -0.25) is 4.79 Å². The Balaban J connectivity index is 1.61. The van der Waals surface area contributed by atoms with E-state index in [2.05, 4.69) is 29.0 Å². The molecule has 0 bridgehead atoms. The number of hydrogen-bond donors (Lipinski definition) is 1. The molecule has 0 saturated carbocycles. The Morgan fingerprint density at radius 3 is 2.48 bits per heavy atom. The van der Waals surface area contributed by atoms with E-state index >= 15 is 0 Å². The first kappa shape index (κ1) is 25.6. The third-order valence-electron chi connectivity index (χ3n) is 6.44. The van der Waals surface area contributed by atoms with Crippen LogP contribution in [0, 0.1) is 5.92 Å². The number of likely N-dealkylation sites (tertiary alicyclic amines) is 1. The Hall–Kier alpha value is -1.97. The summed E-state index contributed by atoms with van der Waals surface area (Å²) in [4.78, 5) is 19.9. The fourth-order valence-electron chi connectivity index (χ4n) is 4.63. The van der Waals surface area contributed by atoms with Crippen molar-refractivity contribution in [1.29, 1.82) is 0 Å². The molecule has 1 aromatic carbocycles. The zero-order valence-corrected chi connectivity index (χ0v) is 21.5. The highest BCUT2D eigenvalue weighted by atomic mass is 32.2. The molecule has 0 spiro atoms. The molecule has 1 aromatic heterocycles. The number of piperidine rings is 1. The Labute approximate surface area is 198 Å². The van der Waals surface area contributed by atoms with E-state index in [1.54, 1.807) is 18.2 Å². The molecule has 2 aromatic rings. The predicted octanol–water partition coefficient (Wildman–Crippen LogP) is 2.77. The minimum Gasteiger partial charge on any atom is -0.353 e. The number of nitrogens with one attached hydrogen (secondary N) is 1. The molecule has 2 heterocycles. The summed E-state index contributed by atoms with van der Waals surface area (Å²) in [6.45, 7) is 12.2. The lowest BCUT2D eigenvalue weighted by molar-refractivity contribution is -0.122. The number of fused-ring (bicyclic) bond motifs is 1. The van der Waals surface area contributed by atoms with Crippen LogP contribution in [-0.4, -0.2) is 71.8 Å². The fourth-order valence-corrected chi connectivity index (χ4v) is 6.11. The number of carbonyl (C=O) groups excluding carboxylic acids is 1. The molecule has 0 unspecified atom stereocenters. The number of benzene rings is 1. The normalized spacial score (nSPS) is 16.2. The molecule has 1 aliphatic heterocycles. The lowest BCUT2D eigenvalue weighted by atomic mass is 10.0. The number of amides is 1. The van der Waals surface area contributed by atoms with Gasteiger partial charge in [0.05, 0.1) is 15.9 Å². The van der Waals surface area contributed by atoms with Crippen LogP contribution in [0.4, 0.5) is 0 Å². The van der Waals surface area contributed by atoms with Crippen molar-refractivity contribution in [2.75, 3.05) is 32.7 Å². The van der Waals surface area contributed by atoms with Crippen LogP contribution in [0.15, 0.2) is 23.1 Å². The van der Waals surface area contributed by atoms with E-state index in [1.165, 1.54) is 4.31 Å². The van der Waals surface area contributed by atoms with E-state index < -0.39 is 10.0 Å². The molecular weight excluding hydrogens is 438 g/mol. The maximum Gasteiger partial charge on any atom is 0.243 e. The average Bonchev–Trinajstić information content (AvgIpc) is 3.09. The van der Waals surface area contributed by atoms with Gasteiger partial charge in [0.15, 0.2) is 0 Å². The number of nitrogens with zero attached hydrogens (tertiary/aromatic N) is 4. The highest BCUT2D eigenvalue weighted by Gasteiger charge is 2.23. The number of aromatic nitrogens is 2. The third kappa shape index (κ3) is 6.13. The first-order valence-electron chi connectivity index (χ1n) is 12.1. The molecule has 1 aliphatic rings. The minimum absolute atomic E-state index is 0.0502. The van der Waals surface area contributed by atoms with Crippen LogP contribution in [0.25, 0.3) is 11.0 Å². The van der Waals surface area contributed by atoms with Crippen molar-refractivity contribution in [2.24, 2.45) is 13.0 Å². The van der Waals surface area contributed by atoms with Crippen LogP contribution in [0.3, 0.4) is 0 Å². The van der Waals surface area contributed by atoms with Gasteiger partial charge in [-0.15, -0.1) is 0 Å². The van der Waals surface area contributed by atoms with E-state index in [1.807, 2.05) is 25.5 Å². The number of imidazole rings is 1. The second-order valence-electron chi connectivity index (χ2n) is 9.36. The van der Waals surface area contributed by atoms with E-state index in [0.717, 1.165) is 43.8 Å². The van der Waals surface area contributed by atoms with E-state index in [-0.39, 0.29) is 16.8 Å². The summed E-state index contributed by atoms with van der Waals surface area (Å²) in [7, 11) is -1.62. The molecule has 9 heteroatoms. The van der Waals surface area contributed by atoms with Gasteiger partial charge in [-0.2, -0.15) is 4.31 Å². The Morgan fingerprint density at radius 2 is 1.88 bits per heavy atom.